The number of hydrogen-bond acceptors (Lipinski definition) is 4. The number of alkyl halides is 1. The van der Waals surface area contributed by atoms with E-state index in [4.69, 9.17) is 16.3 Å². The molecule has 1 aliphatic heterocycles. The first-order chi connectivity index (χ1) is 21.4. The van der Waals surface area contributed by atoms with E-state index in [2.05, 4.69) is 78.7 Å². The Morgan fingerprint density at radius 3 is 2.45 bits per heavy atom. The third-order valence-electron chi connectivity index (χ3n) is 8.29. The lowest BCUT2D eigenvalue weighted by atomic mass is 10.1. The highest BCUT2D eigenvalue weighted by molar-refractivity contribution is 14.1. The van der Waals surface area contributed by atoms with Crippen LogP contribution in [0.2, 0.25) is 5.02 Å². The van der Waals surface area contributed by atoms with Crippen molar-refractivity contribution >= 4 is 51.0 Å². The van der Waals surface area contributed by atoms with Crippen LogP contribution in [0.5, 0.6) is 5.75 Å². The molecule has 0 atom stereocenters. The van der Waals surface area contributed by atoms with Crippen molar-refractivity contribution in [3.8, 4) is 5.75 Å². The fourth-order valence-electron chi connectivity index (χ4n) is 6.02. The Bertz CT molecular complexity index is 1520. The van der Waals surface area contributed by atoms with Gasteiger partial charge in [-0.3, -0.25) is 4.79 Å². The van der Waals surface area contributed by atoms with Crippen molar-refractivity contribution < 1.29 is 9.53 Å². The molecule has 0 saturated carbocycles. The molecule has 3 aromatic carbocycles. The van der Waals surface area contributed by atoms with Crippen molar-refractivity contribution in [3.05, 3.63) is 100 Å². The van der Waals surface area contributed by atoms with Gasteiger partial charge in [-0.05, 0) is 81.6 Å². The van der Waals surface area contributed by atoms with Gasteiger partial charge in [0.25, 0.3) is 5.91 Å². The first kappa shape index (κ1) is 32.8. The number of amides is 1. The first-order valence-corrected chi connectivity index (χ1v) is 17.7. The predicted octanol–water partition coefficient (Wildman–Crippen LogP) is 7.59. The van der Waals surface area contributed by atoms with Crippen molar-refractivity contribution in [1.82, 2.24) is 19.7 Å². The highest BCUT2D eigenvalue weighted by atomic mass is 127. The van der Waals surface area contributed by atoms with Gasteiger partial charge < -0.3 is 24.4 Å². The van der Waals surface area contributed by atoms with Crippen molar-refractivity contribution in [2.75, 3.05) is 39.3 Å². The molecule has 0 spiro atoms. The zero-order chi connectivity index (χ0) is 30.9. The molecule has 8 heteroatoms. The summed E-state index contributed by atoms with van der Waals surface area (Å²) in [7, 11) is 0. The molecular weight excluding hydrogens is 683 g/mol. The van der Waals surface area contributed by atoms with E-state index < -0.39 is 0 Å². The number of nitrogens with zero attached hydrogens (tertiary/aromatic N) is 3. The molecule has 5 rings (SSSR count). The molecule has 44 heavy (non-hydrogen) atoms. The van der Waals surface area contributed by atoms with E-state index in [-0.39, 0.29) is 12.0 Å². The fraction of sp³-hybridized carbons (Fsp3) is 0.417. The Morgan fingerprint density at radius 2 is 1.70 bits per heavy atom. The lowest BCUT2D eigenvalue weighted by Gasteiger charge is -2.22. The number of benzene rings is 3. The standard InChI is InChI=1S/C36H44ClIN4O2/c1-27(2)44-34-12-6-11-31-32(36(43)39-25-29-13-14-33(37)30(23-29)24-38)26-42(35(31)34)19-8-18-40-16-7-17-41(22-21-40)20-15-28-9-4-3-5-10-28/h3-6,9-14,23,26-27H,7-8,15-22,24-25H2,1-2H3,(H,39,43). The fourth-order valence-corrected chi connectivity index (χ4v) is 7.06. The minimum absolute atomic E-state index is 0.0418. The van der Waals surface area contributed by atoms with Crippen LogP contribution in [0.25, 0.3) is 10.9 Å². The molecule has 1 fully saturated rings. The maximum Gasteiger partial charge on any atom is 0.253 e. The van der Waals surface area contributed by atoms with Crippen LogP contribution in [0.3, 0.4) is 0 Å². The Hall–Kier alpha value is -2.59. The molecule has 1 aliphatic rings. The molecule has 1 saturated heterocycles. The molecule has 1 amide bonds. The van der Waals surface area contributed by atoms with Crippen LogP contribution >= 0.6 is 34.2 Å². The summed E-state index contributed by atoms with van der Waals surface area (Å²) in [5.74, 6) is 0.745. The monoisotopic (exact) mass is 726 g/mol. The number of aryl methyl sites for hydroxylation is 1. The van der Waals surface area contributed by atoms with Gasteiger partial charge >= 0.3 is 0 Å². The summed E-state index contributed by atoms with van der Waals surface area (Å²) in [6, 6.07) is 22.8. The maximum absolute atomic E-state index is 13.5. The number of ether oxygens (including phenoxy) is 1. The molecule has 0 radical (unpaired) electrons. The quantitative estimate of drug-likeness (QED) is 0.114. The molecule has 1 N–H and O–H groups in total. The Labute approximate surface area is 280 Å². The molecule has 2 heterocycles. The highest BCUT2D eigenvalue weighted by Crippen LogP contribution is 2.31. The van der Waals surface area contributed by atoms with Gasteiger partial charge in [-0.25, -0.2) is 0 Å². The number of rotatable bonds is 13. The number of carbonyl (C=O) groups is 1. The zero-order valence-electron chi connectivity index (χ0n) is 25.9. The summed E-state index contributed by atoms with van der Waals surface area (Å²) < 4.78 is 9.28. The van der Waals surface area contributed by atoms with E-state index in [0.717, 1.165) is 95.9 Å². The number of halogens is 2. The lowest BCUT2D eigenvalue weighted by molar-refractivity contribution is 0.0952. The number of hydrogen-bond donors (Lipinski definition) is 1. The van der Waals surface area contributed by atoms with Gasteiger partial charge in [-0.1, -0.05) is 88.8 Å². The molecule has 4 aromatic rings. The second-order valence-electron chi connectivity index (χ2n) is 11.9. The van der Waals surface area contributed by atoms with Crippen molar-refractivity contribution in [1.29, 1.82) is 0 Å². The van der Waals surface area contributed by atoms with Crippen molar-refractivity contribution in [2.45, 2.75) is 56.7 Å². The van der Waals surface area contributed by atoms with Gasteiger partial charge in [-0.2, -0.15) is 0 Å². The van der Waals surface area contributed by atoms with Crippen LogP contribution in [0.4, 0.5) is 0 Å². The van der Waals surface area contributed by atoms with Crippen LogP contribution in [0.15, 0.2) is 72.9 Å². The van der Waals surface area contributed by atoms with Gasteiger partial charge in [0.2, 0.25) is 0 Å². The zero-order valence-corrected chi connectivity index (χ0v) is 28.8. The molecular formula is C36H44ClIN4O2. The summed E-state index contributed by atoms with van der Waals surface area (Å²) in [5, 5.41) is 4.82. The van der Waals surface area contributed by atoms with Crippen LogP contribution in [0.1, 0.15) is 53.7 Å². The lowest BCUT2D eigenvalue weighted by Crippen LogP contribution is -2.32. The minimum atomic E-state index is -0.0791. The highest BCUT2D eigenvalue weighted by Gasteiger charge is 2.20. The second-order valence-corrected chi connectivity index (χ2v) is 13.1. The number of fused-ring (bicyclic) bond motifs is 1. The summed E-state index contributed by atoms with van der Waals surface area (Å²) in [5.41, 5.74) is 5.21. The van der Waals surface area contributed by atoms with E-state index in [1.807, 2.05) is 50.4 Å². The first-order valence-electron chi connectivity index (χ1n) is 15.8. The second kappa shape index (κ2) is 16.1. The number of aromatic nitrogens is 1. The Morgan fingerprint density at radius 1 is 0.932 bits per heavy atom. The predicted molar refractivity (Wildman–Crippen MR) is 190 cm³/mol. The third-order valence-corrected chi connectivity index (χ3v) is 9.48. The summed E-state index contributed by atoms with van der Waals surface area (Å²) >= 11 is 8.61. The minimum Gasteiger partial charge on any atom is -0.489 e. The van der Waals surface area contributed by atoms with Gasteiger partial charge in [0, 0.05) is 53.8 Å². The summed E-state index contributed by atoms with van der Waals surface area (Å²) in [6.45, 7) is 12.0. The number of para-hydroxylation sites is 1. The Balaban J connectivity index is 1.23. The van der Waals surface area contributed by atoms with Crippen LogP contribution < -0.4 is 10.1 Å². The van der Waals surface area contributed by atoms with E-state index in [1.165, 1.54) is 12.0 Å². The molecule has 0 unspecified atom stereocenters. The van der Waals surface area contributed by atoms with E-state index in [1.54, 1.807) is 0 Å². The van der Waals surface area contributed by atoms with Crippen molar-refractivity contribution in [2.24, 2.45) is 0 Å². The van der Waals surface area contributed by atoms with E-state index in [0.29, 0.717) is 12.1 Å². The molecule has 0 aliphatic carbocycles. The average Bonchev–Trinajstić information content (AvgIpc) is 3.25. The van der Waals surface area contributed by atoms with Crippen molar-refractivity contribution in [3.63, 3.8) is 0 Å². The number of nitrogens with one attached hydrogen (secondary N) is 1. The smallest absolute Gasteiger partial charge is 0.253 e. The maximum atomic E-state index is 13.5. The summed E-state index contributed by atoms with van der Waals surface area (Å²) in [4.78, 5) is 18.7. The topological polar surface area (TPSA) is 49.7 Å². The summed E-state index contributed by atoms with van der Waals surface area (Å²) in [6.07, 6.45) is 5.37. The van der Waals surface area contributed by atoms with Gasteiger partial charge in [0.1, 0.15) is 5.75 Å². The number of carbonyl (C=O) groups excluding carboxylic acids is 1. The SMILES string of the molecule is CC(C)Oc1cccc2c(C(=O)NCc3ccc(Cl)c(CI)c3)cn(CCCN3CCCN(CCc4ccccc4)CC3)c12. The molecule has 0 bridgehead atoms. The van der Waals surface area contributed by atoms with Gasteiger partial charge in [0.15, 0.2) is 0 Å². The molecule has 1 aromatic heterocycles. The van der Waals surface area contributed by atoms with E-state index in [9.17, 15) is 4.79 Å². The van der Waals surface area contributed by atoms with Gasteiger partial charge in [-0.15, -0.1) is 0 Å². The van der Waals surface area contributed by atoms with Crippen LogP contribution in [-0.2, 0) is 23.9 Å². The van der Waals surface area contributed by atoms with Crippen LogP contribution in [0, 0.1) is 0 Å². The van der Waals surface area contributed by atoms with Gasteiger partial charge in [0.05, 0.1) is 17.2 Å². The molecule has 6 nitrogen and oxygen atoms in total. The normalized spacial score (nSPS) is 14.7. The molecule has 234 valence electrons. The Kier molecular flexibility index (Phi) is 12.0. The van der Waals surface area contributed by atoms with Crippen LogP contribution in [-0.4, -0.2) is 65.6 Å². The van der Waals surface area contributed by atoms with E-state index >= 15 is 0 Å². The average molecular weight is 727 g/mol. The third kappa shape index (κ3) is 8.77. The largest absolute Gasteiger partial charge is 0.489 e.